The lowest BCUT2D eigenvalue weighted by Crippen LogP contribution is -2.36. The zero-order chi connectivity index (χ0) is 11.4. The van der Waals surface area contributed by atoms with Gasteiger partial charge in [0, 0.05) is 4.47 Å². The first-order chi connectivity index (χ1) is 7.00. The summed E-state index contributed by atoms with van der Waals surface area (Å²) in [5, 5.41) is 8.47. The highest BCUT2D eigenvalue weighted by atomic mass is 79.9. The van der Waals surface area contributed by atoms with E-state index in [9.17, 15) is 9.18 Å². The highest BCUT2D eigenvalue weighted by Gasteiger charge is 2.13. The molecule has 0 fully saturated rings. The van der Waals surface area contributed by atoms with E-state index in [1.54, 1.807) is 6.07 Å². The molecule has 1 atom stereocenters. The highest BCUT2D eigenvalue weighted by molar-refractivity contribution is 9.10. The van der Waals surface area contributed by atoms with Crippen LogP contribution in [0.4, 0.5) is 4.39 Å². The molecular formula is C9H9BrFNO3. The van der Waals surface area contributed by atoms with Crippen molar-refractivity contribution in [1.82, 2.24) is 0 Å². The Balaban J connectivity index is 2.62. The Kier molecular flexibility index (Phi) is 4.05. The Morgan fingerprint density at radius 2 is 2.33 bits per heavy atom. The fourth-order valence-electron chi connectivity index (χ4n) is 0.843. The summed E-state index contributed by atoms with van der Waals surface area (Å²) in [6.45, 7) is -0.270. The van der Waals surface area contributed by atoms with Gasteiger partial charge in [-0.3, -0.25) is 4.79 Å². The Morgan fingerprint density at radius 3 is 2.87 bits per heavy atom. The van der Waals surface area contributed by atoms with Crippen molar-refractivity contribution in [2.75, 3.05) is 6.61 Å². The number of carbonyl (C=O) groups is 1. The highest BCUT2D eigenvalue weighted by Crippen LogP contribution is 2.21. The maximum atomic E-state index is 13.2. The number of nitrogens with two attached hydrogens (primary N) is 1. The van der Waals surface area contributed by atoms with Crippen LogP contribution < -0.4 is 10.5 Å². The first-order valence-electron chi connectivity index (χ1n) is 4.07. The molecule has 1 rings (SSSR count). The van der Waals surface area contributed by atoms with E-state index in [-0.39, 0.29) is 12.4 Å². The molecule has 0 aliphatic rings. The normalized spacial score (nSPS) is 12.2. The molecule has 0 spiro atoms. The summed E-state index contributed by atoms with van der Waals surface area (Å²) in [6, 6.07) is 3.05. The number of carboxylic acid groups (broad SMARTS) is 1. The second kappa shape index (κ2) is 5.09. The molecule has 0 aliphatic heterocycles. The SMILES string of the molecule is N[C@@H](COc1ccc(Br)cc1F)C(=O)O. The number of aliphatic carboxylic acids is 1. The van der Waals surface area contributed by atoms with E-state index in [1.165, 1.54) is 12.1 Å². The molecule has 0 aromatic heterocycles. The number of benzene rings is 1. The van der Waals surface area contributed by atoms with Gasteiger partial charge in [0.25, 0.3) is 0 Å². The van der Waals surface area contributed by atoms with Gasteiger partial charge in [-0.25, -0.2) is 4.39 Å². The average molecular weight is 278 g/mol. The van der Waals surface area contributed by atoms with Gasteiger partial charge in [0.15, 0.2) is 11.6 Å². The maximum Gasteiger partial charge on any atom is 0.324 e. The molecule has 3 N–H and O–H groups in total. The van der Waals surface area contributed by atoms with Crippen molar-refractivity contribution in [3.05, 3.63) is 28.5 Å². The van der Waals surface area contributed by atoms with E-state index < -0.39 is 17.8 Å². The predicted octanol–water partition coefficient (Wildman–Crippen LogP) is 1.38. The third-order valence-corrected chi connectivity index (χ3v) is 2.12. The summed E-state index contributed by atoms with van der Waals surface area (Å²) < 4.78 is 18.7. The zero-order valence-corrected chi connectivity index (χ0v) is 9.20. The topological polar surface area (TPSA) is 72.5 Å². The Morgan fingerprint density at radius 1 is 1.67 bits per heavy atom. The van der Waals surface area contributed by atoms with Gasteiger partial charge in [-0.05, 0) is 18.2 Å². The third-order valence-electron chi connectivity index (χ3n) is 1.63. The van der Waals surface area contributed by atoms with Crippen molar-refractivity contribution < 1.29 is 19.0 Å². The second-order valence-electron chi connectivity index (χ2n) is 2.83. The van der Waals surface area contributed by atoms with Gasteiger partial charge in [0.1, 0.15) is 12.6 Å². The standard InChI is InChI=1S/C9H9BrFNO3/c10-5-1-2-8(6(11)3-5)15-4-7(12)9(13)14/h1-3,7H,4,12H2,(H,13,14)/t7-/m0/s1. The number of carboxylic acids is 1. The van der Waals surface area contributed by atoms with E-state index in [0.717, 1.165) is 0 Å². The minimum atomic E-state index is -1.19. The molecule has 0 heterocycles. The minimum absolute atomic E-state index is 0.0186. The molecule has 0 bridgehead atoms. The molecule has 4 nitrogen and oxygen atoms in total. The van der Waals surface area contributed by atoms with Crippen molar-refractivity contribution in [3.8, 4) is 5.75 Å². The average Bonchev–Trinajstić information content (AvgIpc) is 2.15. The van der Waals surface area contributed by atoms with Gasteiger partial charge >= 0.3 is 5.97 Å². The lowest BCUT2D eigenvalue weighted by molar-refractivity contribution is -0.139. The lowest BCUT2D eigenvalue weighted by atomic mass is 10.3. The smallest absolute Gasteiger partial charge is 0.324 e. The number of ether oxygens (including phenoxy) is 1. The zero-order valence-electron chi connectivity index (χ0n) is 7.61. The van der Waals surface area contributed by atoms with E-state index in [2.05, 4.69) is 15.9 Å². The minimum Gasteiger partial charge on any atom is -0.488 e. The van der Waals surface area contributed by atoms with Gasteiger partial charge < -0.3 is 15.6 Å². The molecule has 0 unspecified atom stereocenters. The molecule has 15 heavy (non-hydrogen) atoms. The summed E-state index contributed by atoms with van der Waals surface area (Å²) in [5.74, 6) is -1.77. The molecule has 0 saturated carbocycles. The first-order valence-corrected chi connectivity index (χ1v) is 4.86. The Hall–Kier alpha value is -1.14. The first kappa shape index (κ1) is 11.9. The number of hydrogen-bond donors (Lipinski definition) is 2. The number of rotatable bonds is 4. The molecule has 1 aromatic rings. The van der Waals surface area contributed by atoms with Crippen LogP contribution in [0.5, 0.6) is 5.75 Å². The van der Waals surface area contributed by atoms with Gasteiger partial charge in [0.2, 0.25) is 0 Å². The summed E-state index contributed by atoms with van der Waals surface area (Å²) >= 11 is 3.09. The number of halogens is 2. The monoisotopic (exact) mass is 277 g/mol. The Bertz CT molecular complexity index is 372. The van der Waals surface area contributed by atoms with Crippen LogP contribution in [0.2, 0.25) is 0 Å². The van der Waals surface area contributed by atoms with Gasteiger partial charge in [-0.1, -0.05) is 15.9 Å². The van der Waals surface area contributed by atoms with Crippen LogP contribution in [-0.2, 0) is 4.79 Å². The molecule has 1 aromatic carbocycles. The van der Waals surface area contributed by atoms with E-state index in [4.69, 9.17) is 15.6 Å². The van der Waals surface area contributed by atoms with Crippen molar-refractivity contribution >= 4 is 21.9 Å². The van der Waals surface area contributed by atoms with Crippen molar-refractivity contribution in [2.45, 2.75) is 6.04 Å². The van der Waals surface area contributed by atoms with Crippen LogP contribution in [-0.4, -0.2) is 23.7 Å². The van der Waals surface area contributed by atoms with E-state index >= 15 is 0 Å². The van der Waals surface area contributed by atoms with E-state index in [0.29, 0.717) is 4.47 Å². The third kappa shape index (κ3) is 3.49. The van der Waals surface area contributed by atoms with Crippen LogP contribution >= 0.6 is 15.9 Å². The maximum absolute atomic E-state index is 13.2. The fraction of sp³-hybridized carbons (Fsp3) is 0.222. The van der Waals surface area contributed by atoms with Crippen molar-refractivity contribution in [2.24, 2.45) is 5.73 Å². The van der Waals surface area contributed by atoms with Crippen molar-refractivity contribution in [3.63, 3.8) is 0 Å². The quantitative estimate of drug-likeness (QED) is 0.872. The molecule has 82 valence electrons. The van der Waals surface area contributed by atoms with Crippen LogP contribution in [0.3, 0.4) is 0 Å². The number of hydrogen-bond acceptors (Lipinski definition) is 3. The fourth-order valence-corrected chi connectivity index (χ4v) is 1.18. The van der Waals surface area contributed by atoms with Crippen LogP contribution in [0.15, 0.2) is 22.7 Å². The molecule has 0 saturated heterocycles. The van der Waals surface area contributed by atoms with Gasteiger partial charge in [0.05, 0.1) is 0 Å². The van der Waals surface area contributed by atoms with Crippen LogP contribution in [0, 0.1) is 5.82 Å². The summed E-state index contributed by atoms with van der Waals surface area (Å²) in [6.07, 6.45) is 0. The molecular weight excluding hydrogens is 269 g/mol. The summed E-state index contributed by atoms with van der Waals surface area (Å²) in [4.78, 5) is 10.4. The molecule has 6 heteroatoms. The van der Waals surface area contributed by atoms with Gasteiger partial charge in [-0.2, -0.15) is 0 Å². The lowest BCUT2D eigenvalue weighted by Gasteiger charge is -2.09. The largest absolute Gasteiger partial charge is 0.488 e. The molecule has 0 amide bonds. The molecule has 0 aliphatic carbocycles. The van der Waals surface area contributed by atoms with Gasteiger partial charge in [-0.15, -0.1) is 0 Å². The Labute approximate surface area is 94.0 Å². The van der Waals surface area contributed by atoms with E-state index in [1.807, 2.05) is 0 Å². The summed E-state index contributed by atoms with van der Waals surface area (Å²) in [7, 11) is 0. The molecule has 0 radical (unpaired) electrons. The van der Waals surface area contributed by atoms with Crippen LogP contribution in [0.25, 0.3) is 0 Å². The van der Waals surface area contributed by atoms with Crippen LogP contribution in [0.1, 0.15) is 0 Å². The summed E-state index contributed by atoms with van der Waals surface area (Å²) in [5.41, 5.74) is 5.19. The predicted molar refractivity (Wildman–Crippen MR) is 55.2 cm³/mol. The second-order valence-corrected chi connectivity index (χ2v) is 3.75. The van der Waals surface area contributed by atoms with Crippen molar-refractivity contribution in [1.29, 1.82) is 0 Å².